The number of hydrogen-bond donors (Lipinski definition) is 2. The van der Waals surface area contributed by atoms with Crippen LogP contribution in [0.1, 0.15) is 57.1 Å². The first-order chi connectivity index (χ1) is 12.4. The van der Waals surface area contributed by atoms with Gasteiger partial charge in [-0.2, -0.15) is 0 Å². The second kappa shape index (κ2) is 6.15. The van der Waals surface area contributed by atoms with Crippen molar-refractivity contribution in [1.29, 1.82) is 0 Å². The van der Waals surface area contributed by atoms with E-state index < -0.39 is 6.03 Å². The summed E-state index contributed by atoms with van der Waals surface area (Å²) in [5, 5.41) is 2.19. The molecule has 2 heterocycles. The van der Waals surface area contributed by atoms with Crippen LogP contribution in [0.2, 0.25) is 0 Å². The number of rotatable bonds is 4. The number of nitrogens with two attached hydrogens (primary N) is 1. The van der Waals surface area contributed by atoms with Crippen LogP contribution in [0.15, 0.2) is 18.2 Å². The zero-order valence-corrected chi connectivity index (χ0v) is 16.2. The molecule has 0 unspecified atom stereocenters. The number of nitrogens with zero attached hydrogens (tertiary/aromatic N) is 1. The van der Waals surface area contributed by atoms with E-state index in [-0.39, 0.29) is 11.0 Å². The van der Waals surface area contributed by atoms with Gasteiger partial charge in [0.25, 0.3) is 0 Å². The van der Waals surface area contributed by atoms with Crippen LogP contribution < -0.4 is 15.9 Å². The van der Waals surface area contributed by atoms with Crippen molar-refractivity contribution in [3.05, 3.63) is 29.3 Å². The van der Waals surface area contributed by atoms with E-state index >= 15 is 0 Å². The van der Waals surface area contributed by atoms with Crippen molar-refractivity contribution in [2.45, 2.75) is 57.9 Å². The number of methoxy groups -OCH3 is 1. The maximum atomic E-state index is 11.8. The standard InChI is InChI=1S/C21H31N3O2/c1-4-5-17-18-8-6-14-12-15(26-3)7-9-16(14)21(18)11-10-20(17,2)13-24(21)23-19(22)25/h7,9,12,17-18H,4-6,8,10-11,13H2,1-3H3,(H3,22,23,25)/t17-,18-,20+,21-/m0/s1. The van der Waals surface area contributed by atoms with Crippen molar-refractivity contribution in [3.63, 3.8) is 0 Å². The Morgan fingerprint density at radius 3 is 2.92 bits per heavy atom. The predicted octanol–water partition coefficient (Wildman–Crippen LogP) is 3.57. The molecule has 3 N–H and O–H groups in total. The van der Waals surface area contributed by atoms with Gasteiger partial charge in [-0.25, -0.2) is 9.80 Å². The highest BCUT2D eigenvalue weighted by molar-refractivity contribution is 5.71. The highest BCUT2D eigenvalue weighted by Crippen LogP contribution is 2.64. The second-order valence-corrected chi connectivity index (χ2v) is 8.70. The van der Waals surface area contributed by atoms with Gasteiger partial charge in [0.15, 0.2) is 0 Å². The smallest absolute Gasteiger partial charge is 0.326 e. The van der Waals surface area contributed by atoms with Gasteiger partial charge in [-0.15, -0.1) is 0 Å². The number of urea groups is 1. The lowest BCUT2D eigenvalue weighted by molar-refractivity contribution is -0.190. The van der Waals surface area contributed by atoms with Gasteiger partial charge in [0.1, 0.15) is 5.75 Å². The van der Waals surface area contributed by atoms with Crippen LogP contribution in [0.4, 0.5) is 4.79 Å². The minimum absolute atomic E-state index is 0.132. The maximum Gasteiger partial charge on any atom is 0.326 e. The molecule has 142 valence electrons. The Morgan fingerprint density at radius 1 is 1.42 bits per heavy atom. The number of nitrogens with one attached hydrogen (secondary N) is 1. The van der Waals surface area contributed by atoms with Crippen molar-refractivity contribution in [2.24, 2.45) is 23.0 Å². The molecule has 2 amide bonds. The molecule has 4 aliphatic rings. The molecular formula is C21H31N3O2. The van der Waals surface area contributed by atoms with Gasteiger partial charge < -0.3 is 10.5 Å². The number of piperidine rings is 2. The number of amides is 2. The molecule has 0 aromatic heterocycles. The third kappa shape index (κ3) is 2.36. The summed E-state index contributed by atoms with van der Waals surface area (Å²) >= 11 is 0. The Hall–Kier alpha value is -1.75. The van der Waals surface area contributed by atoms with Crippen molar-refractivity contribution < 1.29 is 9.53 Å². The molecule has 2 bridgehead atoms. The van der Waals surface area contributed by atoms with Crippen LogP contribution >= 0.6 is 0 Å². The minimum Gasteiger partial charge on any atom is -0.497 e. The lowest BCUT2D eigenvalue weighted by atomic mass is 9.47. The van der Waals surface area contributed by atoms with Gasteiger partial charge in [0.2, 0.25) is 0 Å². The molecule has 1 aromatic rings. The number of carbonyl (C=O) groups is 1. The molecule has 5 heteroatoms. The fourth-order valence-corrected chi connectivity index (χ4v) is 6.39. The molecule has 26 heavy (non-hydrogen) atoms. The summed E-state index contributed by atoms with van der Waals surface area (Å²) in [6, 6.07) is 6.02. The van der Waals surface area contributed by atoms with Gasteiger partial charge in [0, 0.05) is 6.54 Å². The molecule has 5 nitrogen and oxygen atoms in total. The topological polar surface area (TPSA) is 67.6 Å². The molecular weight excluding hydrogens is 326 g/mol. The van der Waals surface area contributed by atoms with E-state index in [9.17, 15) is 4.79 Å². The molecule has 0 radical (unpaired) electrons. The second-order valence-electron chi connectivity index (χ2n) is 8.70. The number of carbonyl (C=O) groups excluding carboxylic acids is 1. The molecule has 1 aromatic carbocycles. The van der Waals surface area contributed by atoms with Crippen LogP contribution in [-0.4, -0.2) is 24.7 Å². The largest absolute Gasteiger partial charge is 0.497 e. The molecule has 1 spiro atoms. The van der Waals surface area contributed by atoms with E-state index in [1.807, 2.05) is 0 Å². The minimum atomic E-state index is -0.457. The SMILES string of the molecule is CCC[C@H]1[C@@H]2CCc3cc(OC)ccc3[C@@]23CC[C@]1(C)CN3NC(N)=O. The molecule has 2 saturated heterocycles. The maximum absolute atomic E-state index is 11.8. The van der Waals surface area contributed by atoms with Crippen LogP contribution in [0.25, 0.3) is 0 Å². The molecule has 2 aliphatic carbocycles. The third-order valence-electron chi connectivity index (χ3n) is 7.42. The fourth-order valence-electron chi connectivity index (χ4n) is 6.39. The van der Waals surface area contributed by atoms with Gasteiger partial charge in [0.05, 0.1) is 12.6 Å². The van der Waals surface area contributed by atoms with Gasteiger partial charge in [-0.3, -0.25) is 5.43 Å². The summed E-state index contributed by atoms with van der Waals surface area (Å²) in [7, 11) is 1.72. The first-order valence-corrected chi connectivity index (χ1v) is 9.96. The molecule has 2 aliphatic heterocycles. The highest BCUT2D eigenvalue weighted by atomic mass is 16.5. The Kier molecular flexibility index (Phi) is 4.18. The summed E-state index contributed by atoms with van der Waals surface area (Å²) in [4.78, 5) is 11.8. The number of aryl methyl sites for hydroxylation is 1. The molecule has 1 saturated carbocycles. The number of fused-ring (bicyclic) bond motifs is 3. The van der Waals surface area contributed by atoms with Crippen LogP contribution in [0.3, 0.4) is 0 Å². The number of hydrazine groups is 1. The lowest BCUT2D eigenvalue weighted by Crippen LogP contribution is -2.73. The molecule has 4 atom stereocenters. The first kappa shape index (κ1) is 17.7. The third-order valence-corrected chi connectivity index (χ3v) is 7.42. The van der Waals surface area contributed by atoms with Gasteiger partial charge in [-0.1, -0.05) is 26.3 Å². The van der Waals surface area contributed by atoms with Crippen LogP contribution in [0.5, 0.6) is 5.75 Å². The fraction of sp³-hybridized carbons (Fsp3) is 0.667. The highest BCUT2D eigenvalue weighted by Gasteiger charge is 2.63. The monoisotopic (exact) mass is 357 g/mol. The quantitative estimate of drug-likeness (QED) is 0.866. The summed E-state index contributed by atoms with van der Waals surface area (Å²) < 4.78 is 5.46. The predicted molar refractivity (Wildman–Crippen MR) is 102 cm³/mol. The Bertz CT molecular complexity index is 721. The van der Waals surface area contributed by atoms with E-state index in [4.69, 9.17) is 10.5 Å². The van der Waals surface area contributed by atoms with Gasteiger partial charge in [-0.05, 0) is 72.6 Å². The summed E-state index contributed by atoms with van der Waals surface area (Å²) in [5.41, 5.74) is 11.4. The summed E-state index contributed by atoms with van der Waals surface area (Å²) in [5.74, 6) is 2.17. The average Bonchev–Trinajstić information content (AvgIpc) is 2.62. The van der Waals surface area contributed by atoms with E-state index in [0.29, 0.717) is 11.8 Å². The van der Waals surface area contributed by atoms with E-state index in [1.54, 1.807) is 7.11 Å². The molecule has 3 fully saturated rings. The van der Waals surface area contributed by atoms with Crippen molar-refractivity contribution >= 4 is 6.03 Å². The average molecular weight is 357 g/mol. The number of ether oxygens (including phenoxy) is 1. The summed E-state index contributed by atoms with van der Waals surface area (Å²) in [6.45, 7) is 5.58. The van der Waals surface area contributed by atoms with E-state index in [2.05, 4.69) is 42.5 Å². The number of benzene rings is 1. The van der Waals surface area contributed by atoms with Crippen molar-refractivity contribution in [1.82, 2.24) is 10.4 Å². The van der Waals surface area contributed by atoms with Crippen molar-refractivity contribution in [3.8, 4) is 5.75 Å². The van der Waals surface area contributed by atoms with Crippen LogP contribution in [-0.2, 0) is 12.0 Å². The van der Waals surface area contributed by atoms with E-state index in [1.165, 1.54) is 30.4 Å². The van der Waals surface area contributed by atoms with Gasteiger partial charge >= 0.3 is 6.03 Å². The molecule has 5 rings (SSSR count). The van der Waals surface area contributed by atoms with Crippen molar-refractivity contribution in [2.75, 3.05) is 13.7 Å². The summed E-state index contributed by atoms with van der Waals surface area (Å²) in [6.07, 6.45) is 7.01. The van der Waals surface area contributed by atoms with E-state index in [0.717, 1.165) is 31.6 Å². The Labute approximate surface area is 156 Å². The number of primary amides is 1. The number of hydrogen-bond acceptors (Lipinski definition) is 3. The normalized spacial score (nSPS) is 35.5. The Morgan fingerprint density at radius 2 is 2.23 bits per heavy atom. The van der Waals surface area contributed by atoms with Crippen LogP contribution in [0, 0.1) is 17.3 Å². The lowest BCUT2D eigenvalue weighted by Gasteiger charge is -2.67. The Balaban J connectivity index is 1.85. The zero-order chi connectivity index (χ0) is 18.5. The first-order valence-electron chi connectivity index (χ1n) is 9.96. The zero-order valence-electron chi connectivity index (χ0n) is 16.2.